The van der Waals surface area contributed by atoms with Crippen LogP contribution >= 0.6 is 0 Å². The summed E-state index contributed by atoms with van der Waals surface area (Å²) in [6.45, 7) is 5.77. The topological polar surface area (TPSA) is 70.7 Å². The third-order valence-electron chi connectivity index (χ3n) is 5.23. The molecule has 1 fully saturated rings. The molecule has 28 heavy (non-hydrogen) atoms. The van der Waals surface area contributed by atoms with Gasteiger partial charge in [0, 0.05) is 5.56 Å². The minimum Gasteiger partial charge on any atom is -0.454 e. The van der Waals surface area contributed by atoms with E-state index >= 15 is 0 Å². The lowest BCUT2D eigenvalue weighted by atomic mass is 10.1. The molecule has 2 N–H and O–H groups in total. The Morgan fingerprint density at radius 1 is 0.893 bits per heavy atom. The first-order chi connectivity index (χ1) is 13.6. The molecular formula is C20H26N2O5S+2. The Labute approximate surface area is 165 Å². The monoisotopic (exact) mass is 406 g/mol. The molecule has 2 heterocycles. The molecule has 0 atom stereocenters. The van der Waals surface area contributed by atoms with E-state index in [1.165, 1.54) is 15.4 Å². The number of hydrogen-bond acceptors (Lipinski definition) is 5. The van der Waals surface area contributed by atoms with E-state index in [2.05, 4.69) is 12.1 Å². The minimum absolute atomic E-state index is 0.0364. The van der Waals surface area contributed by atoms with Crippen molar-refractivity contribution in [2.75, 3.05) is 45.3 Å². The molecule has 0 spiro atoms. The van der Waals surface area contributed by atoms with Gasteiger partial charge in [-0.1, -0.05) is 18.2 Å². The summed E-state index contributed by atoms with van der Waals surface area (Å²) in [5, 5.41) is 0. The van der Waals surface area contributed by atoms with Crippen molar-refractivity contribution >= 4 is 10.1 Å². The fourth-order valence-corrected chi connectivity index (χ4v) is 4.68. The molecule has 0 radical (unpaired) electrons. The van der Waals surface area contributed by atoms with E-state index in [0.29, 0.717) is 19.1 Å². The van der Waals surface area contributed by atoms with E-state index < -0.39 is 10.1 Å². The molecule has 0 aromatic heterocycles. The quantitative estimate of drug-likeness (QED) is 0.584. The molecule has 0 amide bonds. The minimum atomic E-state index is -3.56. The van der Waals surface area contributed by atoms with Gasteiger partial charge in [0.2, 0.25) is 6.79 Å². The lowest BCUT2D eigenvalue weighted by Gasteiger charge is -2.29. The summed E-state index contributed by atoms with van der Waals surface area (Å²) in [5.41, 5.74) is 1.24. The van der Waals surface area contributed by atoms with Crippen molar-refractivity contribution in [3.05, 3.63) is 54.1 Å². The van der Waals surface area contributed by atoms with Crippen LogP contribution in [0.4, 0.5) is 0 Å². The summed E-state index contributed by atoms with van der Waals surface area (Å²) in [5.74, 6) is 2.04. The van der Waals surface area contributed by atoms with Crippen LogP contribution in [0.15, 0.2) is 48.5 Å². The summed E-state index contributed by atoms with van der Waals surface area (Å²) in [6.07, 6.45) is 0. The maximum absolute atomic E-state index is 12.2. The smallest absolute Gasteiger partial charge is 0.314 e. The zero-order chi connectivity index (χ0) is 19.4. The average Bonchev–Trinajstić information content (AvgIpc) is 3.16. The highest BCUT2D eigenvalue weighted by Crippen LogP contribution is 2.32. The van der Waals surface area contributed by atoms with Crippen molar-refractivity contribution in [1.82, 2.24) is 0 Å². The fourth-order valence-electron chi connectivity index (χ4n) is 3.66. The van der Waals surface area contributed by atoms with Gasteiger partial charge in [-0.2, -0.15) is 8.42 Å². The molecule has 8 heteroatoms. The summed E-state index contributed by atoms with van der Waals surface area (Å²) >= 11 is 0. The first kappa shape index (κ1) is 19.0. The number of quaternary nitrogens is 2. The van der Waals surface area contributed by atoms with Gasteiger partial charge in [0.05, 0.1) is 6.54 Å². The molecule has 150 valence electrons. The second-order valence-corrected chi connectivity index (χ2v) is 8.96. The molecule has 2 aliphatic rings. The highest BCUT2D eigenvalue weighted by Gasteiger charge is 2.26. The molecular weight excluding hydrogens is 380 g/mol. The van der Waals surface area contributed by atoms with Crippen LogP contribution in [-0.2, 0) is 16.7 Å². The van der Waals surface area contributed by atoms with E-state index in [-0.39, 0.29) is 5.75 Å². The zero-order valence-corrected chi connectivity index (χ0v) is 16.5. The van der Waals surface area contributed by atoms with Gasteiger partial charge in [-0.3, -0.25) is 0 Å². The number of benzene rings is 2. The Morgan fingerprint density at radius 3 is 2.39 bits per heavy atom. The molecule has 7 nitrogen and oxygen atoms in total. The Kier molecular flexibility index (Phi) is 5.70. The number of para-hydroxylation sites is 1. The maximum Gasteiger partial charge on any atom is 0.314 e. The summed E-state index contributed by atoms with van der Waals surface area (Å²) in [4.78, 5) is 2.82. The largest absolute Gasteiger partial charge is 0.454 e. The van der Waals surface area contributed by atoms with E-state index in [0.717, 1.165) is 44.2 Å². The average molecular weight is 407 g/mol. The van der Waals surface area contributed by atoms with Crippen LogP contribution in [0.3, 0.4) is 0 Å². The molecule has 1 saturated heterocycles. The summed E-state index contributed by atoms with van der Waals surface area (Å²) in [6, 6.07) is 14.8. The van der Waals surface area contributed by atoms with Crippen molar-refractivity contribution in [2.24, 2.45) is 0 Å². The number of piperazine rings is 1. The first-order valence-corrected chi connectivity index (χ1v) is 11.2. The number of nitrogens with one attached hydrogen (secondary N) is 2. The van der Waals surface area contributed by atoms with Crippen molar-refractivity contribution < 1.29 is 31.9 Å². The van der Waals surface area contributed by atoms with Gasteiger partial charge in [0.25, 0.3) is 0 Å². The predicted octanol–water partition coefficient (Wildman–Crippen LogP) is -0.892. The van der Waals surface area contributed by atoms with Crippen molar-refractivity contribution in [3.63, 3.8) is 0 Å². The Hall–Kier alpha value is -2.29. The van der Waals surface area contributed by atoms with E-state index in [1.807, 2.05) is 12.1 Å². The van der Waals surface area contributed by atoms with Gasteiger partial charge < -0.3 is 23.5 Å². The van der Waals surface area contributed by atoms with E-state index in [4.69, 9.17) is 13.7 Å². The maximum atomic E-state index is 12.2. The van der Waals surface area contributed by atoms with Crippen LogP contribution in [0.5, 0.6) is 17.2 Å². The van der Waals surface area contributed by atoms with Crippen LogP contribution in [-0.4, -0.2) is 53.7 Å². The lowest BCUT2D eigenvalue weighted by Crippen LogP contribution is -3.27. The third-order valence-corrected chi connectivity index (χ3v) is 6.38. The number of hydrogen-bond donors (Lipinski definition) is 2. The molecule has 0 saturated carbocycles. The van der Waals surface area contributed by atoms with Crippen LogP contribution in [0.25, 0.3) is 0 Å². The SMILES string of the molecule is O=S(=O)(CC[NH+]1CC[NH+](Cc2ccc3c(c2)OCO3)CC1)Oc1ccccc1. The molecule has 2 aromatic rings. The van der Waals surface area contributed by atoms with Gasteiger partial charge in [-0.15, -0.1) is 0 Å². The first-order valence-electron chi connectivity index (χ1n) is 9.60. The lowest BCUT2D eigenvalue weighted by molar-refractivity contribution is -1.02. The molecule has 0 bridgehead atoms. The predicted molar refractivity (Wildman–Crippen MR) is 103 cm³/mol. The van der Waals surface area contributed by atoms with E-state index in [1.54, 1.807) is 24.3 Å². The number of ether oxygens (including phenoxy) is 2. The molecule has 2 aliphatic heterocycles. The second-order valence-electron chi connectivity index (χ2n) is 7.27. The zero-order valence-electron chi connectivity index (χ0n) is 15.7. The van der Waals surface area contributed by atoms with Gasteiger partial charge in [0.15, 0.2) is 11.5 Å². The number of rotatable bonds is 7. The van der Waals surface area contributed by atoms with Crippen molar-refractivity contribution in [2.45, 2.75) is 6.54 Å². The van der Waals surface area contributed by atoms with Crippen LogP contribution in [0.2, 0.25) is 0 Å². The normalized spacial score (nSPS) is 21.4. The van der Waals surface area contributed by atoms with Gasteiger partial charge in [0.1, 0.15) is 44.2 Å². The summed E-state index contributed by atoms with van der Waals surface area (Å²) in [7, 11) is -3.56. The van der Waals surface area contributed by atoms with Gasteiger partial charge in [-0.05, 0) is 30.3 Å². The highest BCUT2D eigenvalue weighted by atomic mass is 32.2. The second kappa shape index (κ2) is 8.38. The Bertz CT molecular complexity index is 896. The molecule has 2 aromatic carbocycles. The Morgan fingerprint density at radius 2 is 1.61 bits per heavy atom. The van der Waals surface area contributed by atoms with E-state index in [9.17, 15) is 8.42 Å². The van der Waals surface area contributed by atoms with Crippen LogP contribution in [0, 0.1) is 0 Å². The van der Waals surface area contributed by atoms with Gasteiger partial charge >= 0.3 is 10.1 Å². The Balaban J connectivity index is 1.22. The molecule has 0 aliphatic carbocycles. The van der Waals surface area contributed by atoms with Crippen molar-refractivity contribution in [1.29, 1.82) is 0 Å². The van der Waals surface area contributed by atoms with Crippen LogP contribution < -0.4 is 23.5 Å². The fraction of sp³-hybridized carbons (Fsp3) is 0.400. The van der Waals surface area contributed by atoms with Crippen molar-refractivity contribution in [3.8, 4) is 17.2 Å². The van der Waals surface area contributed by atoms with Crippen LogP contribution in [0.1, 0.15) is 5.56 Å². The standard InChI is InChI=1S/C20H24N2O5S/c23-28(24,27-18-4-2-1-3-5-18)13-12-21-8-10-22(11-9-21)15-17-6-7-19-20(14-17)26-16-25-19/h1-7,14H,8-13,15-16H2/p+2. The molecule has 4 rings (SSSR count). The highest BCUT2D eigenvalue weighted by molar-refractivity contribution is 7.87. The summed E-state index contributed by atoms with van der Waals surface area (Å²) < 4.78 is 40.3. The molecule has 0 unspecified atom stereocenters. The van der Waals surface area contributed by atoms with Gasteiger partial charge in [-0.25, -0.2) is 0 Å². The number of fused-ring (bicyclic) bond motifs is 1. The third kappa shape index (κ3) is 4.95.